The maximum Gasteiger partial charge on any atom is 0.202 e. The van der Waals surface area contributed by atoms with Crippen molar-refractivity contribution in [3.8, 4) is 0 Å². The Bertz CT molecular complexity index is 344. The molecule has 1 saturated heterocycles. The monoisotopic (exact) mass is 256 g/mol. The van der Waals surface area contributed by atoms with E-state index in [1.54, 1.807) is 7.11 Å². The Morgan fingerprint density at radius 3 is 3.18 bits per heavy atom. The highest BCUT2D eigenvalue weighted by atomic mass is 32.1. The number of aromatic nitrogens is 2. The first-order valence-corrected chi connectivity index (χ1v) is 6.83. The van der Waals surface area contributed by atoms with E-state index < -0.39 is 0 Å². The third-order valence-electron chi connectivity index (χ3n) is 2.97. The van der Waals surface area contributed by atoms with Crippen LogP contribution in [0, 0.1) is 6.92 Å². The Balaban J connectivity index is 1.80. The van der Waals surface area contributed by atoms with Gasteiger partial charge < -0.3 is 10.1 Å². The topological polar surface area (TPSA) is 50.3 Å². The number of rotatable bonds is 5. The molecule has 2 heterocycles. The van der Waals surface area contributed by atoms with Crippen LogP contribution in [0.3, 0.4) is 0 Å². The number of hydrogen-bond donors (Lipinski definition) is 1. The number of nitrogens with one attached hydrogen (secondary N) is 1. The smallest absolute Gasteiger partial charge is 0.202 e. The van der Waals surface area contributed by atoms with Crippen molar-refractivity contribution in [2.45, 2.75) is 25.8 Å². The number of anilines is 1. The van der Waals surface area contributed by atoms with Gasteiger partial charge in [-0.3, -0.25) is 4.90 Å². The minimum Gasteiger partial charge on any atom is -0.383 e. The molecule has 1 aliphatic rings. The average molecular weight is 256 g/mol. The zero-order valence-corrected chi connectivity index (χ0v) is 11.3. The van der Waals surface area contributed by atoms with Gasteiger partial charge in [-0.25, -0.2) is 4.98 Å². The largest absolute Gasteiger partial charge is 0.383 e. The Morgan fingerprint density at radius 2 is 2.47 bits per heavy atom. The van der Waals surface area contributed by atoms with Crippen molar-refractivity contribution < 1.29 is 4.74 Å². The van der Waals surface area contributed by atoms with E-state index >= 15 is 0 Å². The van der Waals surface area contributed by atoms with E-state index in [2.05, 4.69) is 19.6 Å². The van der Waals surface area contributed by atoms with Gasteiger partial charge in [-0.15, -0.1) is 0 Å². The van der Waals surface area contributed by atoms with E-state index in [4.69, 9.17) is 4.74 Å². The molecule has 1 fully saturated rings. The van der Waals surface area contributed by atoms with E-state index in [9.17, 15) is 0 Å². The summed E-state index contributed by atoms with van der Waals surface area (Å²) in [6.07, 6.45) is 2.45. The van der Waals surface area contributed by atoms with Crippen LogP contribution in [0.15, 0.2) is 0 Å². The van der Waals surface area contributed by atoms with Crippen LogP contribution >= 0.6 is 11.5 Å². The van der Waals surface area contributed by atoms with Gasteiger partial charge in [0.05, 0.1) is 6.61 Å². The predicted octanol–water partition coefficient (Wildman–Crippen LogP) is 1.37. The normalized spacial score (nSPS) is 21.6. The fourth-order valence-corrected chi connectivity index (χ4v) is 2.78. The lowest BCUT2D eigenvalue weighted by molar-refractivity contribution is 0.131. The Morgan fingerprint density at radius 1 is 1.59 bits per heavy atom. The van der Waals surface area contributed by atoms with Crippen LogP contribution in [-0.4, -0.2) is 53.7 Å². The number of hydrogen-bond acceptors (Lipinski definition) is 6. The molecule has 0 aromatic carbocycles. The van der Waals surface area contributed by atoms with Crippen LogP contribution in [0.1, 0.15) is 18.7 Å². The molecule has 5 nitrogen and oxygen atoms in total. The van der Waals surface area contributed by atoms with Crippen LogP contribution in [-0.2, 0) is 4.74 Å². The molecule has 1 aromatic rings. The molecule has 1 atom stereocenters. The van der Waals surface area contributed by atoms with E-state index in [0.717, 1.165) is 30.7 Å². The lowest BCUT2D eigenvalue weighted by Gasteiger charge is -2.32. The van der Waals surface area contributed by atoms with Crippen molar-refractivity contribution in [1.29, 1.82) is 0 Å². The molecule has 0 unspecified atom stereocenters. The Labute approximate surface area is 106 Å². The summed E-state index contributed by atoms with van der Waals surface area (Å²) in [6.45, 7) is 6.00. The van der Waals surface area contributed by atoms with Gasteiger partial charge in [-0.05, 0) is 26.3 Å². The lowest BCUT2D eigenvalue weighted by Crippen LogP contribution is -2.43. The van der Waals surface area contributed by atoms with Crippen LogP contribution < -0.4 is 5.32 Å². The van der Waals surface area contributed by atoms with Crippen molar-refractivity contribution in [2.24, 2.45) is 0 Å². The fraction of sp³-hybridized carbons (Fsp3) is 0.818. The average Bonchev–Trinajstić information content (AvgIpc) is 2.73. The Kier molecular flexibility index (Phi) is 4.70. The minimum absolute atomic E-state index is 0.493. The van der Waals surface area contributed by atoms with Crippen molar-refractivity contribution in [3.63, 3.8) is 0 Å². The fourth-order valence-electron chi connectivity index (χ4n) is 2.13. The first-order chi connectivity index (χ1) is 8.28. The van der Waals surface area contributed by atoms with Gasteiger partial charge in [0.15, 0.2) is 0 Å². The molecular formula is C11H20N4OS. The summed E-state index contributed by atoms with van der Waals surface area (Å²) < 4.78 is 9.30. The molecule has 2 rings (SSSR count). The number of nitrogens with zero attached hydrogens (tertiary/aromatic N) is 3. The molecular weight excluding hydrogens is 236 g/mol. The SMILES string of the molecule is COCCN1CCC[C@H](Nc2nc(C)ns2)C1. The Hall–Kier alpha value is -0.720. The zero-order chi connectivity index (χ0) is 12.1. The predicted molar refractivity (Wildman–Crippen MR) is 69.6 cm³/mol. The highest BCUT2D eigenvalue weighted by Gasteiger charge is 2.20. The lowest BCUT2D eigenvalue weighted by atomic mass is 10.1. The molecule has 1 aromatic heterocycles. The molecule has 17 heavy (non-hydrogen) atoms. The summed E-state index contributed by atoms with van der Waals surface area (Å²) in [6, 6.07) is 0.493. The van der Waals surface area contributed by atoms with Crippen LogP contribution in [0.4, 0.5) is 5.13 Å². The van der Waals surface area contributed by atoms with E-state index in [0.29, 0.717) is 6.04 Å². The second kappa shape index (κ2) is 6.28. The standard InChI is InChI=1S/C11H20N4OS/c1-9-12-11(17-14-9)13-10-4-3-5-15(8-10)6-7-16-2/h10H,3-8H2,1-2H3,(H,12,13,14)/t10-/m0/s1. The molecule has 0 amide bonds. The van der Waals surface area contributed by atoms with Crippen molar-refractivity contribution in [2.75, 3.05) is 38.7 Å². The van der Waals surface area contributed by atoms with Gasteiger partial charge in [0.1, 0.15) is 5.82 Å². The highest BCUT2D eigenvalue weighted by Crippen LogP contribution is 2.17. The molecule has 96 valence electrons. The van der Waals surface area contributed by atoms with Crippen LogP contribution in [0.25, 0.3) is 0 Å². The summed E-state index contributed by atoms with van der Waals surface area (Å²) in [4.78, 5) is 6.79. The first kappa shape index (κ1) is 12.7. The van der Waals surface area contributed by atoms with Gasteiger partial charge >= 0.3 is 0 Å². The molecule has 6 heteroatoms. The van der Waals surface area contributed by atoms with Crippen molar-refractivity contribution in [1.82, 2.24) is 14.3 Å². The summed E-state index contributed by atoms with van der Waals surface area (Å²) in [5.74, 6) is 0.851. The quantitative estimate of drug-likeness (QED) is 0.862. The molecule has 0 spiro atoms. The van der Waals surface area contributed by atoms with Gasteiger partial charge in [-0.2, -0.15) is 4.37 Å². The van der Waals surface area contributed by atoms with Gasteiger partial charge in [0.25, 0.3) is 0 Å². The molecule has 0 aliphatic carbocycles. The highest BCUT2D eigenvalue weighted by molar-refractivity contribution is 7.09. The minimum atomic E-state index is 0.493. The number of likely N-dealkylation sites (tertiary alicyclic amines) is 1. The van der Waals surface area contributed by atoms with Crippen LogP contribution in [0.2, 0.25) is 0 Å². The van der Waals surface area contributed by atoms with E-state index in [1.807, 2.05) is 6.92 Å². The van der Waals surface area contributed by atoms with Crippen LogP contribution in [0.5, 0.6) is 0 Å². The number of ether oxygens (including phenoxy) is 1. The van der Waals surface area contributed by atoms with E-state index in [-0.39, 0.29) is 0 Å². The number of methoxy groups -OCH3 is 1. The molecule has 1 aliphatic heterocycles. The summed E-state index contributed by atoms with van der Waals surface area (Å²) >= 11 is 1.45. The molecule has 0 saturated carbocycles. The molecule has 0 radical (unpaired) electrons. The molecule has 0 bridgehead atoms. The number of aryl methyl sites for hydroxylation is 1. The second-order valence-corrected chi connectivity index (χ2v) is 5.18. The number of piperidine rings is 1. The maximum atomic E-state index is 5.12. The van der Waals surface area contributed by atoms with Gasteiger partial charge in [-0.1, -0.05) is 0 Å². The summed E-state index contributed by atoms with van der Waals surface area (Å²) in [5.41, 5.74) is 0. The third-order valence-corrected chi connectivity index (χ3v) is 3.71. The van der Waals surface area contributed by atoms with E-state index in [1.165, 1.54) is 30.9 Å². The molecule has 1 N–H and O–H groups in total. The van der Waals surface area contributed by atoms with Crippen molar-refractivity contribution >= 4 is 16.7 Å². The first-order valence-electron chi connectivity index (χ1n) is 6.06. The van der Waals surface area contributed by atoms with Crippen molar-refractivity contribution in [3.05, 3.63) is 5.82 Å². The third kappa shape index (κ3) is 3.90. The summed E-state index contributed by atoms with van der Waals surface area (Å²) in [5, 5.41) is 4.42. The maximum absolute atomic E-state index is 5.12. The van der Waals surface area contributed by atoms with Gasteiger partial charge in [0.2, 0.25) is 5.13 Å². The van der Waals surface area contributed by atoms with Gasteiger partial charge in [0, 0.05) is 37.8 Å². The zero-order valence-electron chi connectivity index (χ0n) is 10.5. The summed E-state index contributed by atoms with van der Waals surface area (Å²) in [7, 11) is 1.75. The second-order valence-electron chi connectivity index (χ2n) is 4.42.